The standard InChI is InChI=1S/C22H24N2O5/c1-14-17(24-22(29-14)16-7-5-6-8-18(16)26-2)12-21(25)23-13-15-9-10-19(27-3)20(11-15)28-4/h5-11H,12-13H2,1-4H3,(H,23,25). The van der Waals surface area contributed by atoms with Crippen LogP contribution in [0.2, 0.25) is 0 Å². The minimum atomic E-state index is -0.150. The summed E-state index contributed by atoms with van der Waals surface area (Å²) in [5.41, 5.74) is 2.24. The summed E-state index contributed by atoms with van der Waals surface area (Å²) < 4.78 is 21.6. The van der Waals surface area contributed by atoms with Gasteiger partial charge in [0.05, 0.1) is 39.0 Å². The number of ether oxygens (including phenoxy) is 3. The first-order chi connectivity index (χ1) is 14.0. The van der Waals surface area contributed by atoms with Crippen molar-refractivity contribution in [1.82, 2.24) is 10.3 Å². The summed E-state index contributed by atoms with van der Waals surface area (Å²) in [6, 6.07) is 13.0. The molecule has 0 bridgehead atoms. The van der Waals surface area contributed by atoms with Gasteiger partial charge in [0.1, 0.15) is 11.5 Å². The lowest BCUT2D eigenvalue weighted by Gasteiger charge is -2.10. The zero-order valence-electron chi connectivity index (χ0n) is 16.9. The topological polar surface area (TPSA) is 82.8 Å². The zero-order chi connectivity index (χ0) is 20.8. The minimum absolute atomic E-state index is 0.123. The molecule has 2 aromatic carbocycles. The molecule has 0 radical (unpaired) electrons. The molecule has 1 heterocycles. The number of nitrogens with one attached hydrogen (secondary N) is 1. The van der Waals surface area contributed by atoms with E-state index in [9.17, 15) is 4.79 Å². The Morgan fingerprint density at radius 3 is 2.45 bits per heavy atom. The molecule has 0 spiro atoms. The van der Waals surface area contributed by atoms with Crippen molar-refractivity contribution in [2.24, 2.45) is 0 Å². The highest BCUT2D eigenvalue weighted by molar-refractivity contribution is 5.78. The van der Waals surface area contributed by atoms with E-state index in [4.69, 9.17) is 18.6 Å². The van der Waals surface area contributed by atoms with Crippen molar-refractivity contribution in [3.63, 3.8) is 0 Å². The predicted molar refractivity (Wildman–Crippen MR) is 108 cm³/mol. The number of carbonyl (C=O) groups excluding carboxylic acids is 1. The Labute approximate surface area is 169 Å². The van der Waals surface area contributed by atoms with Gasteiger partial charge in [0.2, 0.25) is 11.8 Å². The number of amides is 1. The number of benzene rings is 2. The molecule has 0 fully saturated rings. The molecule has 1 N–H and O–H groups in total. The average molecular weight is 396 g/mol. The van der Waals surface area contributed by atoms with E-state index in [1.807, 2.05) is 42.5 Å². The first-order valence-electron chi connectivity index (χ1n) is 9.13. The highest BCUT2D eigenvalue weighted by Gasteiger charge is 2.17. The quantitative estimate of drug-likeness (QED) is 0.627. The van der Waals surface area contributed by atoms with Gasteiger partial charge in [-0.25, -0.2) is 4.98 Å². The Morgan fingerprint density at radius 1 is 1.00 bits per heavy atom. The van der Waals surface area contributed by atoms with Crippen LogP contribution < -0.4 is 19.5 Å². The Hall–Kier alpha value is -3.48. The van der Waals surface area contributed by atoms with Crippen LogP contribution in [0.25, 0.3) is 11.5 Å². The molecule has 0 saturated carbocycles. The van der Waals surface area contributed by atoms with Gasteiger partial charge in [-0.3, -0.25) is 4.79 Å². The lowest BCUT2D eigenvalue weighted by atomic mass is 10.2. The molecule has 0 aliphatic carbocycles. The van der Waals surface area contributed by atoms with Gasteiger partial charge >= 0.3 is 0 Å². The lowest BCUT2D eigenvalue weighted by molar-refractivity contribution is -0.120. The summed E-state index contributed by atoms with van der Waals surface area (Å²) in [6.07, 6.45) is 0.123. The smallest absolute Gasteiger partial charge is 0.230 e. The summed E-state index contributed by atoms with van der Waals surface area (Å²) in [4.78, 5) is 16.9. The van der Waals surface area contributed by atoms with E-state index in [2.05, 4.69) is 10.3 Å². The van der Waals surface area contributed by atoms with Gasteiger partial charge in [-0.2, -0.15) is 0 Å². The summed E-state index contributed by atoms with van der Waals surface area (Å²) in [5.74, 6) is 2.81. The molecule has 7 nitrogen and oxygen atoms in total. The third-order valence-corrected chi connectivity index (χ3v) is 4.50. The van der Waals surface area contributed by atoms with Gasteiger partial charge < -0.3 is 23.9 Å². The normalized spacial score (nSPS) is 10.5. The largest absolute Gasteiger partial charge is 0.496 e. The maximum absolute atomic E-state index is 12.4. The molecule has 0 aliphatic rings. The van der Waals surface area contributed by atoms with Gasteiger partial charge in [0, 0.05) is 6.54 Å². The van der Waals surface area contributed by atoms with E-state index in [-0.39, 0.29) is 12.3 Å². The van der Waals surface area contributed by atoms with Crippen LogP contribution >= 0.6 is 0 Å². The second-order valence-electron chi connectivity index (χ2n) is 6.37. The molecule has 29 heavy (non-hydrogen) atoms. The average Bonchev–Trinajstić information content (AvgIpc) is 3.11. The number of carbonyl (C=O) groups is 1. The number of para-hydroxylation sites is 1. The number of hydrogen-bond acceptors (Lipinski definition) is 6. The Bertz CT molecular complexity index is 997. The molecule has 152 valence electrons. The molecule has 0 unspecified atom stereocenters. The van der Waals surface area contributed by atoms with Gasteiger partial charge in [0.25, 0.3) is 0 Å². The number of nitrogens with zero attached hydrogens (tertiary/aromatic N) is 1. The summed E-state index contributed by atoms with van der Waals surface area (Å²) in [5, 5.41) is 2.89. The molecule has 3 rings (SSSR count). The highest BCUT2D eigenvalue weighted by Crippen LogP contribution is 2.30. The second-order valence-corrected chi connectivity index (χ2v) is 6.37. The Balaban J connectivity index is 1.66. The van der Waals surface area contributed by atoms with E-state index in [1.165, 1.54) is 0 Å². The van der Waals surface area contributed by atoms with Crippen molar-refractivity contribution in [2.75, 3.05) is 21.3 Å². The summed E-state index contributed by atoms with van der Waals surface area (Å²) in [6.45, 7) is 2.16. The first-order valence-corrected chi connectivity index (χ1v) is 9.13. The molecular formula is C22H24N2O5. The molecule has 3 aromatic rings. The predicted octanol–water partition coefficient (Wildman–Crippen LogP) is 3.53. The lowest BCUT2D eigenvalue weighted by Crippen LogP contribution is -2.25. The van der Waals surface area contributed by atoms with E-state index in [1.54, 1.807) is 28.3 Å². The number of oxazole rings is 1. The molecule has 0 atom stereocenters. The maximum Gasteiger partial charge on any atom is 0.230 e. The fraction of sp³-hybridized carbons (Fsp3) is 0.273. The molecule has 0 aliphatic heterocycles. The SMILES string of the molecule is COc1ccc(CNC(=O)Cc2nc(-c3ccccc3OC)oc2C)cc1OC. The number of methoxy groups -OCH3 is 3. The van der Waals surface area contributed by atoms with Crippen molar-refractivity contribution in [3.05, 3.63) is 59.5 Å². The first kappa shape index (κ1) is 20.3. The van der Waals surface area contributed by atoms with E-state index in [0.717, 1.165) is 11.1 Å². The zero-order valence-corrected chi connectivity index (χ0v) is 16.9. The van der Waals surface area contributed by atoms with Crippen LogP contribution in [0.3, 0.4) is 0 Å². The fourth-order valence-corrected chi connectivity index (χ4v) is 2.93. The third-order valence-electron chi connectivity index (χ3n) is 4.50. The van der Waals surface area contributed by atoms with Crippen molar-refractivity contribution in [3.8, 4) is 28.7 Å². The molecule has 1 aromatic heterocycles. The summed E-state index contributed by atoms with van der Waals surface area (Å²) >= 11 is 0. The number of aryl methyl sites for hydroxylation is 1. The van der Waals surface area contributed by atoms with Crippen LogP contribution in [-0.4, -0.2) is 32.2 Å². The monoisotopic (exact) mass is 396 g/mol. The minimum Gasteiger partial charge on any atom is -0.496 e. The highest BCUT2D eigenvalue weighted by atomic mass is 16.5. The van der Waals surface area contributed by atoms with Crippen LogP contribution in [-0.2, 0) is 17.8 Å². The van der Waals surface area contributed by atoms with Crippen LogP contribution in [0, 0.1) is 6.92 Å². The van der Waals surface area contributed by atoms with E-state index in [0.29, 0.717) is 41.1 Å². The van der Waals surface area contributed by atoms with E-state index < -0.39 is 0 Å². The van der Waals surface area contributed by atoms with Gasteiger partial charge in [-0.15, -0.1) is 0 Å². The molecule has 7 heteroatoms. The maximum atomic E-state index is 12.4. The second kappa shape index (κ2) is 9.14. The van der Waals surface area contributed by atoms with Gasteiger partial charge in [-0.05, 0) is 36.8 Å². The third kappa shape index (κ3) is 4.68. The Morgan fingerprint density at radius 2 is 1.72 bits per heavy atom. The van der Waals surface area contributed by atoms with Crippen molar-refractivity contribution in [2.45, 2.75) is 19.9 Å². The van der Waals surface area contributed by atoms with Crippen LogP contribution in [0.1, 0.15) is 17.0 Å². The van der Waals surface area contributed by atoms with E-state index >= 15 is 0 Å². The van der Waals surface area contributed by atoms with Crippen LogP contribution in [0.5, 0.6) is 17.2 Å². The fourth-order valence-electron chi connectivity index (χ4n) is 2.93. The van der Waals surface area contributed by atoms with Crippen molar-refractivity contribution >= 4 is 5.91 Å². The van der Waals surface area contributed by atoms with Crippen LogP contribution in [0.15, 0.2) is 46.9 Å². The van der Waals surface area contributed by atoms with Crippen molar-refractivity contribution in [1.29, 1.82) is 0 Å². The van der Waals surface area contributed by atoms with Gasteiger partial charge in [0.15, 0.2) is 11.5 Å². The summed E-state index contributed by atoms with van der Waals surface area (Å²) in [7, 11) is 4.75. The number of hydrogen-bond donors (Lipinski definition) is 1. The van der Waals surface area contributed by atoms with Gasteiger partial charge in [-0.1, -0.05) is 18.2 Å². The number of rotatable bonds is 8. The van der Waals surface area contributed by atoms with Crippen molar-refractivity contribution < 1.29 is 23.4 Å². The van der Waals surface area contributed by atoms with Crippen LogP contribution in [0.4, 0.5) is 0 Å². The molecule has 0 saturated heterocycles. The molecular weight excluding hydrogens is 372 g/mol. The Kier molecular flexibility index (Phi) is 6.39. The molecule has 1 amide bonds. The number of aromatic nitrogens is 1.